The summed E-state index contributed by atoms with van der Waals surface area (Å²) >= 11 is 9.32. The molecule has 0 saturated carbocycles. The quantitative estimate of drug-likeness (QED) is 0.553. The molecule has 0 amide bonds. The van der Waals surface area contributed by atoms with Gasteiger partial charge in [-0.25, -0.2) is 8.42 Å². The van der Waals surface area contributed by atoms with Crippen molar-refractivity contribution >= 4 is 37.4 Å². The second kappa shape index (κ2) is 7.73. The normalized spacial score (nSPS) is 21.2. The van der Waals surface area contributed by atoms with Crippen molar-refractivity contribution in [2.45, 2.75) is 35.3 Å². The van der Waals surface area contributed by atoms with Crippen LogP contribution in [0.3, 0.4) is 0 Å². The topological polar surface area (TPSA) is 43.4 Å². The number of alkyl halides is 3. The van der Waals surface area contributed by atoms with Crippen molar-refractivity contribution in [3.8, 4) is 0 Å². The van der Waals surface area contributed by atoms with Gasteiger partial charge in [0.25, 0.3) is 0 Å². The van der Waals surface area contributed by atoms with E-state index in [2.05, 4.69) is 15.9 Å². The number of hydrogen-bond acceptors (Lipinski definition) is 3. The number of sulfone groups is 1. The Kier molecular flexibility index (Phi) is 5.91. The third kappa shape index (κ3) is 4.50. The lowest BCUT2D eigenvalue weighted by molar-refractivity contribution is -0.137. The largest absolute Gasteiger partial charge is 0.416 e. The number of halogens is 5. The first kappa shape index (κ1) is 20.6. The van der Waals surface area contributed by atoms with Crippen LogP contribution in [0.1, 0.15) is 30.1 Å². The third-order valence-electron chi connectivity index (χ3n) is 4.47. The van der Waals surface area contributed by atoms with Crippen LogP contribution in [0.25, 0.3) is 0 Å². The summed E-state index contributed by atoms with van der Waals surface area (Å²) < 4.78 is 71.0. The summed E-state index contributed by atoms with van der Waals surface area (Å²) in [6, 6.07) is 8.97. The molecule has 9 heteroatoms. The van der Waals surface area contributed by atoms with Gasteiger partial charge in [-0.3, -0.25) is 0 Å². The van der Waals surface area contributed by atoms with Crippen molar-refractivity contribution in [1.82, 2.24) is 0 Å². The standard InChI is InChI=1S/C18H15BrClF3O3S/c19-16-9-12(20)4-5-15(16)17-10-14(6-7-26-17)27(24,25)13-3-1-2-11(8-13)18(21,22)23/h1-5,8-9,14,17H,6-7,10H2. The van der Waals surface area contributed by atoms with E-state index < -0.39 is 32.9 Å². The minimum Gasteiger partial charge on any atom is -0.373 e. The molecular formula is C18H15BrClF3O3S. The second-order valence-corrected chi connectivity index (χ2v) is 9.76. The van der Waals surface area contributed by atoms with E-state index in [0.29, 0.717) is 15.6 Å². The fraction of sp³-hybridized carbons (Fsp3) is 0.333. The maximum Gasteiger partial charge on any atom is 0.416 e. The Morgan fingerprint density at radius 2 is 1.89 bits per heavy atom. The van der Waals surface area contributed by atoms with Crippen LogP contribution in [0, 0.1) is 0 Å². The monoisotopic (exact) mass is 482 g/mol. The lowest BCUT2D eigenvalue weighted by Crippen LogP contribution is -2.31. The summed E-state index contributed by atoms with van der Waals surface area (Å²) in [6.45, 7) is 0.197. The highest BCUT2D eigenvalue weighted by Gasteiger charge is 2.37. The van der Waals surface area contributed by atoms with E-state index in [-0.39, 0.29) is 24.3 Å². The second-order valence-electron chi connectivity index (χ2n) is 6.24. The Hall–Kier alpha value is -1.09. The van der Waals surface area contributed by atoms with Gasteiger partial charge in [0.15, 0.2) is 9.84 Å². The van der Waals surface area contributed by atoms with Crippen LogP contribution in [-0.4, -0.2) is 20.3 Å². The van der Waals surface area contributed by atoms with Crippen LogP contribution in [-0.2, 0) is 20.8 Å². The molecule has 1 fully saturated rings. The maximum absolute atomic E-state index is 12.9. The van der Waals surface area contributed by atoms with Crippen LogP contribution in [0.15, 0.2) is 51.8 Å². The van der Waals surface area contributed by atoms with Gasteiger partial charge in [0.2, 0.25) is 0 Å². The van der Waals surface area contributed by atoms with Crippen LogP contribution in [0.4, 0.5) is 13.2 Å². The number of rotatable bonds is 3. The van der Waals surface area contributed by atoms with Crippen molar-refractivity contribution in [3.05, 3.63) is 63.1 Å². The first-order chi connectivity index (χ1) is 12.6. The van der Waals surface area contributed by atoms with Crippen molar-refractivity contribution in [2.24, 2.45) is 0 Å². The molecule has 0 aliphatic carbocycles. The molecule has 3 rings (SSSR count). The molecule has 0 aromatic heterocycles. The van der Waals surface area contributed by atoms with E-state index in [9.17, 15) is 21.6 Å². The predicted molar refractivity (Wildman–Crippen MR) is 99.5 cm³/mol. The van der Waals surface area contributed by atoms with E-state index in [1.54, 1.807) is 18.2 Å². The Balaban J connectivity index is 1.89. The number of benzene rings is 2. The molecule has 2 unspecified atom stereocenters. The van der Waals surface area contributed by atoms with Gasteiger partial charge in [0.05, 0.1) is 21.8 Å². The van der Waals surface area contributed by atoms with Crippen LogP contribution in [0.2, 0.25) is 5.02 Å². The highest BCUT2D eigenvalue weighted by molar-refractivity contribution is 9.10. The molecule has 0 bridgehead atoms. The van der Waals surface area contributed by atoms with Gasteiger partial charge in [-0.2, -0.15) is 13.2 Å². The highest BCUT2D eigenvalue weighted by Crippen LogP contribution is 2.38. The van der Waals surface area contributed by atoms with E-state index in [1.807, 2.05) is 0 Å². The molecule has 1 aliphatic heterocycles. The van der Waals surface area contributed by atoms with Gasteiger partial charge in [0, 0.05) is 16.1 Å². The van der Waals surface area contributed by atoms with Gasteiger partial charge in [0.1, 0.15) is 0 Å². The molecule has 0 spiro atoms. The number of ether oxygens (including phenoxy) is 1. The summed E-state index contributed by atoms with van der Waals surface area (Å²) in [5, 5.41) is -0.308. The van der Waals surface area contributed by atoms with Gasteiger partial charge in [-0.15, -0.1) is 0 Å². The maximum atomic E-state index is 12.9. The lowest BCUT2D eigenvalue weighted by atomic mass is 10.0. The molecule has 2 aromatic carbocycles. The van der Waals surface area contributed by atoms with Crippen LogP contribution >= 0.6 is 27.5 Å². The average molecular weight is 484 g/mol. The number of hydrogen-bond donors (Lipinski definition) is 0. The molecule has 1 heterocycles. The molecular weight excluding hydrogens is 469 g/mol. The molecule has 2 atom stereocenters. The van der Waals surface area contributed by atoms with Gasteiger partial charge in [-0.1, -0.05) is 39.7 Å². The summed E-state index contributed by atoms with van der Waals surface area (Å²) in [5.74, 6) is 0. The smallest absolute Gasteiger partial charge is 0.373 e. The lowest BCUT2D eigenvalue weighted by Gasteiger charge is -2.30. The summed E-state index contributed by atoms with van der Waals surface area (Å²) in [7, 11) is -3.93. The minimum absolute atomic E-state index is 0.152. The van der Waals surface area contributed by atoms with E-state index in [4.69, 9.17) is 16.3 Å². The molecule has 146 valence electrons. The van der Waals surface area contributed by atoms with Crippen LogP contribution in [0.5, 0.6) is 0 Å². The molecule has 1 aliphatic rings. The Morgan fingerprint density at radius 1 is 1.15 bits per heavy atom. The van der Waals surface area contributed by atoms with Crippen molar-refractivity contribution in [2.75, 3.05) is 6.61 Å². The fourth-order valence-corrected chi connectivity index (χ4v) is 5.79. The summed E-state index contributed by atoms with van der Waals surface area (Å²) in [5.41, 5.74) is -0.226. The predicted octanol–water partition coefficient (Wildman–Crippen LogP) is 5.82. The van der Waals surface area contributed by atoms with E-state index >= 15 is 0 Å². The Morgan fingerprint density at radius 3 is 2.56 bits per heavy atom. The van der Waals surface area contributed by atoms with E-state index in [0.717, 1.165) is 17.7 Å². The van der Waals surface area contributed by atoms with Crippen molar-refractivity contribution in [1.29, 1.82) is 0 Å². The van der Waals surface area contributed by atoms with Gasteiger partial charge in [-0.05, 0) is 48.7 Å². The molecule has 1 saturated heterocycles. The summed E-state index contributed by atoms with van der Waals surface area (Å²) in [6.07, 6.45) is -4.72. The zero-order chi connectivity index (χ0) is 19.8. The first-order valence-corrected chi connectivity index (χ1v) is 10.8. The fourth-order valence-electron chi connectivity index (χ4n) is 3.07. The average Bonchev–Trinajstić information content (AvgIpc) is 2.61. The summed E-state index contributed by atoms with van der Waals surface area (Å²) in [4.78, 5) is -0.321. The molecule has 0 radical (unpaired) electrons. The zero-order valence-corrected chi connectivity index (χ0v) is 17.0. The Labute approximate surface area is 168 Å². The molecule has 2 aromatic rings. The Bertz CT molecular complexity index is 947. The van der Waals surface area contributed by atoms with Gasteiger partial charge < -0.3 is 4.74 Å². The third-order valence-corrected chi connectivity index (χ3v) is 7.61. The minimum atomic E-state index is -4.60. The molecule has 3 nitrogen and oxygen atoms in total. The SMILES string of the molecule is O=S(=O)(c1cccc(C(F)(F)F)c1)C1CCOC(c2ccc(Cl)cc2Br)C1. The first-order valence-electron chi connectivity index (χ1n) is 8.07. The van der Waals surface area contributed by atoms with Crippen molar-refractivity contribution < 1.29 is 26.3 Å². The zero-order valence-electron chi connectivity index (χ0n) is 13.8. The van der Waals surface area contributed by atoms with E-state index in [1.165, 1.54) is 6.07 Å². The van der Waals surface area contributed by atoms with Gasteiger partial charge >= 0.3 is 6.18 Å². The highest BCUT2D eigenvalue weighted by atomic mass is 79.9. The van der Waals surface area contributed by atoms with Crippen molar-refractivity contribution in [3.63, 3.8) is 0 Å². The van der Waals surface area contributed by atoms with Crippen LogP contribution < -0.4 is 0 Å². The molecule has 27 heavy (non-hydrogen) atoms. The molecule has 0 N–H and O–H groups in total.